The van der Waals surface area contributed by atoms with Gasteiger partial charge in [-0.2, -0.15) is 0 Å². The Labute approximate surface area is 90.3 Å². The Hall–Kier alpha value is -0.530. The van der Waals surface area contributed by atoms with Crippen molar-refractivity contribution < 1.29 is 0 Å². The van der Waals surface area contributed by atoms with Crippen LogP contribution in [-0.4, -0.2) is 0 Å². The molecule has 0 bridgehead atoms. The van der Waals surface area contributed by atoms with E-state index in [1.807, 2.05) is 24.3 Å². The van der Waals surface area contributed by atoms with Gasteiger partial charge in [0.15, 0.2) is 0 Å². The van der Waals surface area contributed by atoms with Gasteiger partial charge in [-0.05, 0) is 42.4 Å². The van der Waals surface area contributed by atoms with Crippen molar-refractivity contribution in [1.82, 2.24) is 0 Å². The second kappa shape index (κ2) is 3.92. The molecule has 0 radical (unpaired) electrons. The summed E-state index contributed by atoms with van der Waals surface area (Å²) in [6.07, 6.45) is 2.70. The van der Waals surface area contributed by atoms with Crippen LogP contribution in [0.2, 0.25) is 5.02 Å². The average molecular weight is 210 g/mol. The van der Waals surface area contributed by atoms with Crippen LogP contribution in [-0.2, 0) is 0 Å². The maximum absolute atomic E-state index is 6.19. The Morgan fingerprint density at radius 2 is 1.86 bits per heavy atom. The lowest BCUT2D eigenvalue weighted by Gasteiger charge is -2.19. The van der Waals surface area contributed by atoms with Crippen LogP contribution in [0.3, 0.4) is 0 Å². The molecule has 14 heavy (non-hydrogen) atoms. The summed E-state index contributed by atoms with van der Waals surface area (Å²) in [7, 11) is 0. The smallest absolute Gasteiger partial charge is 0.0406 e. The number of nitrogens with two attached hydrogens (primary N) is 1. The van der Waals surface area contributed by atoms with E-state index in [1.54, 1.807) is 0 Å². The molecule has 2 heteroatoms. The van der Waals surface area contributed by atoms with Gasteiger partial charge in [-0.1, -0.05) is 30.7 Å². The van der Waals surface area contributed by atoms with E-state index in [-0.39, 0.29) is 6.04 Å². The topological polar surface area (TPSA) is 26.0 Å². The van der Waals surface area contributed by atoms with Crippen molar-refractivity contribution in [3.05, 3.63) is 34.9 Å². The molecular weight excluding hydrogens is 194 g/mol. The Bertz CT molecular complexity index is 303. The monoisotopic (exact) mass is 209 g/mol. The Balaban J connectivity index is 2.09. The molecule has 76 valence electrons. The van der Waals surface area contributed by atoms with Crippen LogP contribution in [0.1, 0.15) is 31.4 Å². The largest absolute Gasteiger partial charge is 0.324 e. The Morgan fingerprint density at radius 1 is 1.29 bits per heavy atom. The summed E-state index contributed by atoms with van der Waals surface area (Å²) in [6.45, 7) is 2.25. The van der Waals surface area contributed by atoms with E-state index >= 15 is 0 Å². The molecule has 1 aromatic rings. The second-order valence-corrected chi connectivity index (χ2v) is 4.71. The van der Waals surface area contributed by atoms with Crippen LogP contribution < -0.4 is 5.73 Å². The molecule has 1 aromatic carbocycles. The zero-order valence-corrected chi connectivity index (χ0v) is 9.17. The van der Waals surface area contributed by atoms with Crippen molar-refractivity contribution in [2.75, 3.05) is 0 Å². The highest BCUT2D eigenvalue weighted by atomic mass is 35.5. The third-order valence-electron chi connectivity index (χ3n) is 3.19. The fraction of sp³-hybridized carbons (Fsp3) is 0.500. The highest BCUT2D eigenvalue weighted by molar-refractivity contribution is 6.30. The van der Waals surface area contributed by atoms with E-state index in [1.165, 1.54) is 18.4 Å². The fourth-order valence-corrected chi connectivity index (χ4v) is 2.03. The van der Waals surface area contributed by atoms with Crippen molar-refractivity contribution in [3.8, 4) is 0 Å². The van der Waals surface area contributed by atoms with Gasteiger partial charge in [0.2, 0.25) is 0 Å². The summed E-state index contributed by atoms with van der Waals surface area (Å²) in [5.74, 6) is 1.44. The first-order valence-corrected chi connectivity index (χ1v) is 5.57. The molecule has 2 N–H and O–H groups in total. The molecule has 2 rings (SSSR count). The van der Waals surface area contributed by atoms with Crippen molar-refractivity contribution in [2.24, 2.45) is 17.6 Å². The fourth-order valence-electron chi connectivity index (χ4n) is 1.90. The second-order valence-electron chi connectivity index (χ2n) is 4.27. The van der Waals surface area contributed by atoms with Gasteiger partial charge >= 0.3 is 0 Å². The molecule has 2 unspecified atom stereocenters. The van der Waals surface area contributed by atoms with E-state index in [4.69, 9.17) is 17.3 Å². The third kappa shape index (κ3) is 2.10. The Morgan fingerprint density at radius 3 is 2.36 bits per heavy atom. The van der Waals surface area contributed by atoms with Crippen LogP contribution in [0, 0.1) is 11.8 Å². The summed E-state index contributed by atoms with van der Waals surface area (Å²) in [5.41, 5.74) is 7.39. The van der Waals surface area contributed by atoms with Crippen molar-refractivity contribution in [2.45, 2.75) is 25.8 Å². The van der Waals surface area contributed by atoms with E-state index < -0.39 is 0 Å². The van der Waals surface area contributed by atoms with Crippen LogP contribution in [0.4, 0.5) is 0 Å². The standard InChI is InChI=1S/C12H16ClN/c1-8(9-2-3-9)12(14)10-4-6-11(13)7-5-10/h4-9,12H,2-3,14H2,1H3. The molecule has 1 nitrogen and oxygen atoms in total. The van der Waals surface area contributed by atoms with E-state index in [9.17, 15) is 0 Å². The molecule has 0 aliphatic heterocycles. The minimum Gasteiger partial charge on any atom is -0.324 e. The predicted octanol–water partition coefficient (Wildman–Crippen LogP) is 3.39. The molecule has 1 aliphatic carbocycles. The van der Waals surface area contributed by atoms with Crippen LogP contribution in [0.15, 0.2) is 24.3 Å². The third-order valence-corrected chi connectivity index (χ3v) is 3.44. The van der Waals surface area contributed by atoms with Crippen molar-refractivity contribution in [3.63, 3.8) is 0 Å². The number of halogens is 1. The molecule has 0 saturated heterocycles. The van der Waals surface area contributed by atoms with E-state index in [0.29, 0.717) is 5.92 Å². The lowest BCUT2D eigenvalue weighted by molar-refractivity contribution is 0.417. The van der Waals surface area contributed by atoms with Gasteiger partial charge in [0.05, 0.1) is 0 Å². The van der Waals surface area contributed by atoms with Gasteiger partial charge in [-0.25, -0.2) is 0 Å². The van der Waals surface area contributed by atoms with Crippen LogP contribution in [0.25, 0.3) is 0 Å². The maximum atomic E-state index is 6.19. The number of hydrogen-bond donors (Lipinski definition) is 1. The van der Waals surface area contributed by atoms with E-state index in [0.717, 1.165) is 10.9 Å². The molecule has 1 aliphatic rings. The summed E-state index contributed by atoms with van der Waals surface area (Å²) in [5, 5.41) is 0.778. The summed E-state index contributed by atoms with van der Waals surface area (Å²) >= 11 is 5.83. The first-order valence-electron chi connectivity index (χ1n) is 5.19. The number of benzene rings is 1. The molecule has 2 atom stereocenters. The van der Waals surface area contributed by atoms with Gasteiger partial charge in [0, 0.05) is 11.1 Å². The molecule has 0 heterocycles. The van der Waals surface area contributed by atoms with Crippen LogP contribution in [0.5, 0.6) is 0 Å². The van der Waals surface area contributed by atoms with Gasteiger partial charge in [0.1, 0.15) is 0 Å². The molecule has 0 spiro atoms. The van der Waals surface area contributed by atoms with E-state index in [2.05, 4.69) is 6.92 Å². The van der Waals surface area contributed by atoms with Crippen molar-refractivity contribution >= 4 is 11.6 Å². The molecular formula is C12H16ClN. The molecule has 1 saturated carbocycles. The quantitative estimate of drug-likeness (QED) is 0.812. The number of rotatable bonds is 3. The van der Waals surface area contributed by atoms with Gasteiger partial charge in [-0.15, -0.1) is 0 Å². The highest BCUT2D eigenvalue weighted by Gasteiger charge is 2.32. The highest BCUT2D eigenvalue weighted by Crippen LogP contribution is 2.41. The minimum atomic E-state index is 0.166. The van der Waals surface area contributed by atoms with Crippen LogP contribution >= 0.6 is 11.6 Å². The molecule has 0 amide bonds. The first-order chi connectivity index (χ1) is 6.68. The average Bonchev–Trinajstić information content (AvgIpc) is 3.00. The molecule has 0 aromatic heterocycles. The minimum absolute atomic E-state index is 0.166. The van der Waals surface area contributed by atoms with Gasteiger partial charge < -0.3 is 5.73 Å². The first kappa shape index (κ1) is 10.0. The zero-order chi connectivity index (χ0) is 10.1. The lowest BCUT2D eigenvalue weighted by Crippen LogP contribution is -2.20. The SMILES string of the molecule is CC(C1CC1)C(N)c1ccc(Cl)cc1. The lowest BCUT2D eigenvalue weighted by atomic mass is 9.91. The number of hydrogen-bond acceptors (Lipinski definition) is 1. The normalized spacial score (nSPS) is 20.5. The Kier molecular flexibility index (Phi) is 2.80. The maximum Gasteiger partial charge on any atom is 0.0406 e. The zero-order valence-electron chi connectivity index (χ0n) is 8.41. The molecule has 1 fully saturated rings. The van der Waals surface area contributed by atoms with Crippen molar-refractivity contribution in [1.29, 1.82) is 0 Å². The summed E-state index contributed by atoms with van der Waals surface area (Å²) in [4.78, 5) is 0. The summed E-state index contributed by atoms with van der Waals surface area (Å²) < 4.78 is 0. The van der Waals surface area contributed by atoms with Gasteiger partial charge in [-0.3, -0.25) is 0 Å². The van der Waals surface area contributed by atoms with Gasteiger partial charge in [0.25, 0.3) is 0 Å². The predicted molar refractivity (Wildman–Crippen MR) is 60.3 cm³/mol. The summed E-state index contributed by atoms with van der Waals surface area (Å²) in [6, 6.07) is 8.06.